The number of aromatic amines is 1. The van der Waals surface area contributed by atoms with Gasteiger partial charge in [0.15, 0.2) is 0 Å². The van der Waals surface area contributed by atoms with E-state index >= 15 is 0 Å². The molecule has 1 aliphatic rings. The number of benzene rings is 2. The molecular formula is C19H13ClFN3O2. The molecule has 0 amide bonds. The van der Waals surface area contributed by atoms with Gasteiger partial charge in [-0.05, 0) is 35.9 Å². The number of fused-ring (bicyclic) bond motifs is 1. The topological polar surface area (TPSA) is 70.4 Å². The number of nitrogens with one attached hydrogen (secondary N) is 1. The Morgan fingerprint density at radius 2 is 2.00 bits per heavy atom. The first-order valence-corrected chi connectivity index (χ1v) is 8.21. The Labute approximate surface area is 152 Å². The molecule has 0 aliphatic carbocycles. The van der Waals surface area contributed by atoms with Crippen molar-refractivity contribution in [2.24, 2.45) is 4.99 Å². The highest BCUT2D eigenvalue weighted by molar-refractivity contribution is 6.31. The second kappa shape index (κ2) is 6.31. The van der Waals surface area contributed by atoms with Gasteiger partial charge >= 0.3 is 5.69 Å². The van der Waals surface area contributed by atoms with Crippen molar-refractivity contribution in [3.8, 4) is 5.88 Å². The third-order valence-corrected chi connectivity index (χ3v) is 4.39. The summed E-state index contributed by atoms with van der Waals surface area (Å²) in [6.45, 7) is 0.130. The SMILES string of the molecule is O=c1[nH]c(C=C2C=Nc3cc(Cl)ccc32)c(O)n1Cc1ccc(F)cc1. The first-order valence-electron chi connectivity index (χ1n) is 7.83. The molecule has 4 rings (SSSR count). The number of aliphatic imine (C=N–C) groups is 1. The second-order valence-electron chi connectivity index (χ2n) is 5.90. The molecule has 0 saturated carbocycles. The molecule has 0 fully saturated rings. The maximum Gasteiger partial charge on any atom is 0.329 e. The van der Waals surface area contributed by atoms with Crippen molar-refractivity contribution in [3.63, 3.8) is 0 Å². The second-order valence-corrected chi connectivity index (χ2v) is 6.34. The van der Waals surface area contributed by atoms with Crippen LogP contribution in [-0.2, 0) is 6.54 Å². The van der Waals surface area contributed by atoms with Crippen LogP contribution in [0.4, 0.5) is 10.1 Å². The van der Waals surface area contributed by atoms with E-state index in [1.165, 1.54) is 16.7 Å². The molecule has 2 heterocycles. The smallest absolute Gasteiger partial charge is 0.329 e. The van der Waals surface area contributed by atoms with Gasteiger partial charge in [-0.3, -0.25) is 9.56 Å². The van der Waals surface area contributed by atoms with E-state index in [4.69, 9.17) is 11.6 Å². The number of nitrogens with zero attached hydrogens (tertiary/aromatic N) is 2. The average molecular weight is 370 g/mol. The summed E-state index contributed by atoms with van der Waals surface area (Å²) in [5.74, 6) is -0.549. The summed E-state index contributed by atoms with van der Waals surface area (Å²) >= 11 is 5.96. The van der Waals surface area contributed by atoms with Gasteiger partial charge in [-0.25, -0.2) is 9.18 Å². The number of allylic oxidation sites excluding steroid dienone is 1. The Kier molecular flexibility index (Phi) is 3.97. The van der Waals surface area contributed by atoms with Gasteiger partial charge in [-0.15, -0.1) is 0 Å². The number of aromatic nitrogens is 2. The van der Waals surface area contributed by atoms with Gasteiger partial charge in [-0.1, -0.05) is 29.8 Å². The molecule has 0 bridgehead atoms. The van der Waals surface area contributed by atoms with Crippen LogP contribution in [0.2, 0.25) is 5.02 Å². The van der Waals surface area contributed by atoms with E-state index in [0.29, 0.717) is 10.6 Å². The molecule has 5 nitrogen and oxygen atoms in total. The van der Waals surface area contributed by atoms with Gasteiger partial charge in [0, 0.05) is 22.4 Å². The first kappa shape index (κ1) is 16.4. The maximum absolute atomic E-state index is 13.0. The average Bonchev–Trinajstić information content (AvgIpc) is 3.12. The maximum atomic E-state index is 13.0. The van der Waals surface area contributed by atoms with Gasteiger partial charge in [0.25, 0.3) is 0 Å². The largest absolute Gasteiger partial charge is 0.493 e. The molecule has 0 atom stereocenters. The minimum absolute atomic E-state index is 0.130. The number of rotatable bonds is 3. The van der Waals surface area contributed by atoms with Gasteiger partial charge in [-0.2, -0.15) is 0 Å². The molecule has 0 saturated heterocycles. The lowest BCUT2D eigenvalue weighted by molar-refractivity contribution is 0.420. The van der Waals surface area contributed by atoms with E-state index in [2.05, 4.69) is 9.98 Å². The Morgan fingerprint density at radius 1 is 1.23 bits per heavy atom. The third-order valence-electron chi connectivity index (χ3n) is 4.15. The summed E-state index contributed by atoms with van der Waals surface area (Å²) in [4.78, 5) is 19.1. The van der Waals surface area contributed by atoms with Crippen molar-refractivity contribution >= 4 is 35.2 Å². The Morgan fingerprint density at radius 3 is 2.77 bits per heavy atom. The number of imidazole rings is 1. The Hall–Kier alpha value is -3.12. The molecular weight excluding hydrogens is 357 g/mol. The number of hydrogen-bond donors (Lipinski definition) is 2. The molecule has 0 radical (unpaired) electrons. The van der Waals surface area contributed by atoms with Gasteiger partial charge in [0.05, 0.1) is 12.2 Å². The zero-order valence-electron chi connectivity index (χ0n) is 13.4. The molecule has 26 heavy (non-hydrogen) atoms. The number of hydrogen-bond acceptors (Lipinski definition) is 3. The molecule has 7 heteroatoms. The van der Waals surface area contributed by atoms with Crippen LogP contribution >= 0.6 is 11.6 Å². The van der Waals surface area contributed by atoms with Crippen LogP contribution in [0.25, 0.3) is 11.6 Å². The minimum atomic E-state index is -0.454. The van der Waals surface area contributed by atoms with E-state index in [9.17, 15) is 14.3 Å². The lowest BCUT2D eigenvalue weighted by Crippen LogP contribution is -2.17. The molecule has 130 valence electrons. The normalized spacial score (nSPS) is 14.2. The molecule has 0 spiro atoms. The predicted octanol–water partition coefficient (Wildman–Crippen LogP) is 3.98. The van der Waals surface area contributed by atoms with Crippen LogP contribution in [0.3, 0.4) is 0 Å². The lowest BCUT2D eigenvalue weighted by atomic mass is 10.1. The van der Waals surface area contributed by atoms with Crippen LogP contribution in [0.1, 0.15) is 16.8 Å². The van der Waals surface area contributed by atoms with Crippen molar-refractivity contribution < 1.29 is 9.50 Å². The highest BCUT2D eigenvalue weighted by atomic mass is 35.5. The fourth-order valence-electron chi connectivity index (χ4n) is 2.83. The van der Waals surface area contributed by atoms with E-state index < -0.39 is 5.69 Å². The third kappa shape index (κ3) is 2.95. The molecule has 2 aromatic carbocycles. The Bertz CT molecular complexity index is 1110. The molecule has 1 aromatic heterocycles. The quantitative estimate of drug-likeness (QED) is 0.733. The summed E-state index contributed by atoms with van der Waals surface area (Å²) in [6.07, 6.45) is 3.30. The van der Waals surface area contributed by atoms with Gasteiger partial charge < -0.3 is 10.1 Å². The number of H-pyrrole nitrogens is 1. The highest BCUT2D eigenvalue weighted by Gasteiger charge is 2.16. The summed E-state index contributed by atoms with van der Waals surface area (Å²) in [6, 6.07) is 11.1. The summed E-state index contributed by atoms with van der Waals surface area (Å²) < 4.78 is 14.2. The lowest BCUT2D eigenvalue weighted by Gasteiger charge is -2.04. The fraction of sp³-hybridized carbons (Fsp3) is 0.0526. The summed E-state index contributed by atoms with van der Waals surface area (Å²) in [5, 5.41) is 11.0. The van der Waals surface area contributed by atoms with Crippen molar-refractivity contribution in [1.82, 2.24) is 9.55 Å². The first-order chi connectivity index (χ1) is 12.5. The Balaban J connectivity index is 1.69. The number of aromatic hydroxyl groups is 1. The van der Waals surface area contributed by atoms with Crippen molar-refractivity contribution in [2.75, 3.05) is 0 Å². The van der Waals surface area contributed by atoms with Crippen LogP contribution in [0.15, 0.2) is 52.3 Å². The van der Waals surface area contributed by atoms with Crippen molar-refractivity contribution in [2.45, 2.75) is 6.54 Å². The molecule has 1 aliphatic heterocycles. The molecule has 2 N–H and O–H groups in total. The standard InChI is InChI=1S/C19H13ClFN3O2/c20-13-3-6-15-12(9-22-16(15)8-13)7-17-18(25)24(19(26)23-17)10-11-1-4-14(21)5-2-11/h1-9,25H,10H2,(H,23,26). The van der Waals surface area contributed by atoms with Crippen molar-refractivity contribution in [1.29, 1.82) is 0 Å². The van der Waals surface area contributed by atoms with E-state index in [-0.39, 0.29) is 23.9 Å². The zero-order valence-corrected chi connectivity index (χ0v) is 14.2. The monoisotopic (exact) mass is 369 g/mol. The van der Waals surface area contributed by atoms with E-state index in [0.717, 1.165) is 16.8 Å². The zero-order chi connectivity index (χ0) is 18.3. The highest BCUT2D eigenvalue weighted by Crippen LogP contribution is 2.35. The van der Waals surface area contributed by atoms with Gasteiger partial charge in [0.2, 0.25) is 5.88 Å². The summed E-state index contributed by atoms with van der Waals surface area (Å²) in [5.41, 5.74) is 2.87. The van der Waals surface area contributed by atoms with E-state index in [1.54, 1.807) is 36.6 Å². The van der Waals surface area contributed by atoms with E-state index in [1.807, 2.05) is 6.07 Å². The molecule has 3 aromatic rings. The predicted molar refractivity (Wildman–Crippen MR) is 99.7 cm³/mol. The van der Waals surface area contributed by atoms with Crippen LogP contribution in [0, 0.1) is 5.82 Å². The number of halogens is 2. The fourth-order valence-corrected chi connectivity index (χ4v) is 3.00. The molecule has 0 unspecified atom stereocenters. The van der Waals surface area contributed by atoms with Crippen molar-refractivity contribution in [3.05, 3.63) is 80.6 Å². The van der Waals surface area contributed by atoms with Crippen LogP contribution in [-0.4, -0.2) is 20.9 Å². The minimum Gasteiger partial charge on any atom is -0.493 e. The van der Waals surface area contributed by atoms with Crippen LogP contribution < -0.4 is 5.69 Å². The van der Waals surface area contributed by atoms with Crippen LogP contribution in [0.5, 0.6) is 5.88 Å². The van der Waals surface area contributed by atoms with Gasteiger partial charge in [0.1, 0.15) is 11.5 Å². The summed E-state index contributed by atoms with van der Waals surface area (Å²) in [7, 11) is 0.